The van der Waals surface area contributed by atoms with E-state index in [-0.39, 0.29) is 12.1 Å². The third-order valence-corrected chi connectivity index (χ3v) is 3.11. The first-order chi connectivity index (χ1) is 10.3. The van der Waals surface area contributed by atoms with E-state index in [4.69, 9.17) is 4.74 Å². The molecular weight excluding hydrogens is 306 g/mol. The van der Waals surface area contributed by atoms with E-state index < -0.39 is 10.0 Å². The zero-order chi connectivity index (χ0) is 16.6. The summed E-state index contributed by atoms with van der Waals surface area (Å²) < 4.78 is 29.9. The van der Waals surface area contributed by atoms with E-state index in [9.17, 15) is 13.2 Å². The van der Waals surface area contributed by atoms with Gasteiger partial charge >= 0.3 is 6.03 Å². The van der Waals surface area contributed by atoms with Gasteiger partial charge in [-0.05, 0) is 44.5 Å². The zero-order valence-corrected chi connectivity index (χ0v) is 13.9. The van der Waals surface area contributed by atoms with Gasteiger partial charge in [0.05, 0.1) is 12.4 Å². The largest absolute Gasteiger partial charge is 0.379 e. The van der Waals surface area contributed by atoms with Crippen molar-refractivity contribution < 1.29 is 17.9 Å². The van der Waals surface area contributed by atoms with Gasteiger partial charge < -0.3 is 15.4 Å². The second kappa shape index (κ2) is 8.60. The highest BCUT2D eigenvalue weighted by Gasteiger charge is 2.04. The lowest BCUT2D eigenvalue weighted by atomic mass is 10.3. The van der Waals surface area contributed by atoms with Crippen molar-refractivity contribution in [2.45, 2.75) is 26.4 Å². The van der Waals surface area contributed by atoms with Crippen molar-refractivity contribution in [3.05, 3.63) is 24.3 Å². The molecule has 7 nitrogen and oxygen atoms in total. The number of anilines is 2. The summed E-state index contributed by atoms with van der Waals surface area (Å²) >= 11 is 0. The smallest absolute Gasteiger partial charge is 0.319 e. The Kier molecular flexibility index (Phi) is 7.13. The van der Waals surface area contributed by atoms with Crippen LogP contribution in [0.5, 0.6) is 0 Å². The molecular formula is C14H23N3O4S. The monoisotopic (exact) mass is 329 g/mol. The van der Waals surface area contributed by atoms with Gasteiger partial charge in [0.2, 0.25) is 10.0 Å². The van der Waals surface area contributed by atoms with Gasteiger partial charge in [-0.3, -0.25) is 4.72 Å². The van der Waals surface area contributed by atoms with Gasteiger partial charge in [0.1, 0.15) is 0 Å². The Balaban J connectivity index is 2.32. The van der Waals surface area contributed by atoms with Crippen LogP contribution in [0.1, 0.15) is 20.3 Å². The Bertz CT molecular complexity index is 570. The molecule has 0 heterocycles. The van der Waals surface area contributed by atoms with Crippen molar-refractivity contribution in [3.63, 3.8) is 0 Å². The maximum absolute atomic E-state index is 11.6. The Labute approximate surface area is 131 Å². The predicted molar refractivity (Wildman–Crippen MR) is 87.6 cm³/mol. The van der Waals surface area contributed by atoms with E-state index in [0.717, 1.165) is 12.7 Å². The molecule has 0 bridgehead atoms. The lowest BCUT2D eigenvalue weighted by Gasteiger charge is -2.10. The summed E-state index contributed by atoms with van der Waals surface area (Å²) in [6.45, 7) is 5.04. The molecule has 0 unspecified atom stereocenters. The van der Waals surface area contributed by atoms with E-state index in [0.29, 0.717) is 24.5 Å². The van der Waals surface area contributed by atoms with Crippen LogP contribution in [-0.2, 0) is 14.8 Å². The van der Waals surface area contributed by atoms with Crippen LogP contribution in [0.2, 0.25) is 0 Å². The van der Waals surface area contributed by atoms with Crippen molar-refractivity contribution in [1.29, 1.82) is 0 Å². The molecule has 0 aromatic heterocycles. The molecule has 0 atom stereocenters. The minimum absolute atomic E-state index is 0.188. The molecule has 0 saturated heterocycles. The van der Waals surface area contributed by atoms with Crippen LogP contribution in [0.4, 0.5) is 16.2 Å². The van der Waals surface area contributed by atoms with Gasteiger partial charge in [-0.15, -0.1) is 0 Å². The summed E-state index contributed by atoms with van der Waals surface area (Å²) in [5.74, 6) is 0. The number of hydrogen-bond donors (Lipinski definition) is 3. The minimum Gasteiger partial charge on any atom is -0.379 e. The Morgan fingerprint density at radius 2 is 1.77 bits per heavy atom. The average molecular weight is 329 g/mol. The number of ether oxygens (including phenoxy) is 1. The molecule has 1 aromatic carbocycles. The molecule has 0 fully saturated rings. The Morgan fingerprint density at radius 1 is 1.18 bits per heavy atom. The van der Waals surface area contributed by atoms with E-state index in [2.05, 4.69) is 15.4 Å². The molecule has 1 rings (SSSR count). The maximum atomic E-state index is 11.6. The highest BCUT2D eigenvalue weighted by molar-refractivity contribution is 7.92. The lowest BCUT2D eigenvalue weighted by Crippen LogP contribution is -2.30. The van der Waals surface area contributed by atoms with Crippen LogP contribution in [0.25, 0.3) is 0 Å². The van der Waals surface area contributed by atoms with Crippen molar-refractivity contribution in [3.8, 4) is 0 Å². The van der Waals surface area contributed by atoms with Gasteiger partial charge in [0.25, 0.3) is 0 Å². The summed E-state index contributed by atoms with van der Waals surface area (Å²) in [5, 5.41) is 5.38. The van der Waals surface area contributed by atoms with Crippen LogP contribution in [0, 0.1) is 0 Å². The summed E-state index contributed by atoms with van der Waals surface area (Å²) in [5.41, 5.74) is 1.02. The fraction of sp³-hybridized carbons (Fsp3) is 0.500. The SMILES string of the molecule is CC(C)OCCCNC(=O)Nc1ccc(NS(C)(=O)=O)cc1. The summed E-state index contributed by atoms with van der Waals surface area (Å²) in [6.07, 6.45) is 2.01. The van der Waals surface area contributed by atoms with E-state index in [1.807, 2.05) is 13.8 Å². The number of carbonyl (C=O) groups is 1. The standard InChI is InChI=1S/C14H23N3O4S/c1-11(2)21-10-4-9-15-14(18)16-12-5-7-13(8-6-12)17-22(3,19)20/h5-8,11,17H,4,9-10H2,1-3H3,(H2,15,16,18). The molecule has 3 N–H and O–H groups in total. The number of benzene rings is 1. The van der Waals surface area contributed by atoms with E-state index in [1.54, 1.807) is 24.3 Å². The Hall–Kier alpha value is -1.80. The van der Waals surface area contributed by atoms with Gasteiger partial charge in [-0.25, -0.2) is 13.2 Å². The summed E-state index contributed by atoms with van der Waals surface area (Å²) in [4.78, 5) is 11.6. The third kappa shape index (κ3) is 8.48. The number of nitrogens with one attached hydrogen (secondary N) is 3. The number of rotatable bonds is 8. The minimum atomic E-state index is -3.30. The lowest BCUT2D eigenvalue weighted by molar-refractivity contribution is 0.0775. The van der Waals surface area contributed by atoms with Crippen molar-refractivity contribution in [2.24, 2.45) is 0 Å². The molecule has 124 valence electrons. The van der Waals surface area contributed by atoms with E-state index in [1.165, 1.54) is 0 Å². The fourth-order valence-electron chi connectivity index (χ4n) is 1.60. The van der Waals surface area contributed by atoms with Gasteiger partial charge in [-0.2, -0.15) is 0 Å². The second-order valence-corrected chi connectivity index (χ2v) is 6.85. The van der Waals surface area contributed by atoms with Crippen molar-refractivity contribution in [2.75, 3.05) is 29.4 Å². The first kappa shape index (κ1) is 18.2. The molecule has 0 aliphatic heterocycles. The van der Waals surface area contributed by atoms with Gasteiger partial charge in [0, 0.05) is 24.5 Å². The van der Waals surface area contributed by atoms with Crippen LogP contribution in [0.3, 0.4) is 0 Å². The first-order valence-electron chi connectivity index (χ1n) is 7.00. The zero-order valence-electron chi connectivity index (χ0n) is 13.0. The van der Waals surface area contributed by atoms with E-state index >= 15 is 0 Å². The average Bonchev–Trinajstić information content (AvgIpc) is 2.38. The Morgan fingerprint density at radius 3 is 2.32 bits per heavy atom. The number of amides is 2. The molecule has 22 heavy (non-hydrogen) atoms. The molecule has 0 saturated carbocycles. The van der Waals surface area contributed by atoms with Crippen LogP contribution < -0.4 is 15.4 Å². The second-order valence-electron chi connectivity index (χ2n) is 5.11. The van der Waals surface area contributed by atoms with Crippen LogP contribution >= 0.6 is 0 Å². The predicted octanol–water partition coefficient (Wildman–Crippen LogP) is 1.99. The number of hydrogen-bond acceptors (Lipinski definition) is 4. The molecule has 8 heteroatoms. The fourth-order valence-corrected chi connectivity index (χ4v) is 2.17. The van der Waals surface area contributed by atoms with Crippen molar-refractivity contribution in [1.82, 2.24) is 5.32 Å². The molecule has 0 aliphatic carbocycles. The highest BCUT2D eigenvalue weighted by Crippen LogP contribution is 2.14. The molecule has 0 spiro atoms. The summed E-state index contributed by atoms with van der Waals surface area (Å²) in [6, 6.07) is 6.08. The molecule has 0 radical (unpaired) electrons. The quantitative estimate of drug-likeness (QED) is 0.636. The van der Waals surface area contributed by atoms with Crippen LogP contribution in [0.15, 0.2) is 24.3 Å². The normalized spacial score (nSPS) is 11.3. The highest BCUT2D eigenvalue weighted by atomic mass is 32.2. The van der Waals surface area contributed by atoms with Crippen LogP contribution in [-0.4, -0.2) is 40.0 Å². The molecule has 2 amide bonds. The molecule has 1 aromatic rings. The number of sulfonamides is 1. The number of urea groups is 1. The maximum Gasteiger partial charge on any atom is 0.319 e. The summed E-state index contributed by atoms with van der Waals surface area (Å²) in [7, 11) is -3.30. The van der Waals surface area contributed by atoms with Crippen molar-refractivity contribution >= 4 is 27.4 Å². The van der Waals surface area contributed by atoms with Gasteiger partial charge in [0.15, 0.2) is 0 Å². The molecule has 0 aliphatic rings. The number of carbonyl (C=O) groups excluding carboxylic acids is 1. The van der Waals surface area contributed by atoms with Gasteiger partial charge in [-0.1, -0.05) is 0 Å². The first-order valence-corrected chi connectivity index (χ1v) is 8.90. The third-order valence-electron chi connectivity index (χ3n) is 2.50. The topological polar surface area (TPSA) is 96.5 Å².